The van der Waals surface area contributed by atoms with Crippen molar-refractivity contribution < 1.29 is 19.4 Å². The Morgan fingerprint density at radius 3 is 2.58 bits per heavy atom. The minimum Gasteiger partial charge on any atom is -0.492 e. The van der Waals surface area contributed by atoms with Gasteiger partial charge in [0.25, 0.3) is 0 Å². The summed E-state index contributed by atoms with van der Waals surface area (Å²) in [6, 6.07) is 4.57. The SMILES string of the molecule is CN(C)C(=O)CCCOc1ccc(C(=O)O)cc1Br. The van der Waals surface area contributed by atoms with Crippen LogP contribution in [-0.4, -0.2) is 42.6 Å². The molecular weight excluding hydrogens is 314 g/mol. The number of hydrogen-bond acceptors (Lipinski definition) is 3. The third kappa shape index (κ3) is 4.90. The van der Waals surface area contributed by atoms with Gasteiger partial charge in [-0.1, -0.05) is 0 Å². The standard InChI is InChI=1S/C13H16BrNO4/c1-15(2)12(16)4-3-7-19-11-6-5-9(13(17)18)8-10(11)14/h5-6,8H,3-4,7H2,1-2H3,(H,17,18). The second-order valence-corrected chi connectivity index (χ2v) is 5.04. The number of halogens is 1. The van der Waals surface area contributed by atoms with Crippen LogP contribution in [0.15, 0.2) is 22.7 Å². The van der Waals surface area contributed by atoms with Crippen molar-refractivity contribution in [2.75, 3.05) is 20.7 Å². The zero-order chi connectivity index (χ0) is 14.4. The van der Waals surface area contributed by atoms with E-state index in [0.29, 0.717) is 29.7 Å². The first kappa shape index (κ1) is 15.5. The monoisotopic (exact) mass is 329 g/mol. The molecule has 1 N–H and O–H groups in total. The first-order valence-corrected chi connectivity index (χ1v) is 6.57. The second kappa shape index (κ2) is 7.13. The number of nitrogens with zero attached hydrogens (tertiary/aromatic N) is 1. The Labute approximate surface area is 120 Å². The van der Waals surface area contributed by atoms with E-state index in [4.69, 9.17) is 9.84 Å². The maximum atomic E-state index is 11.3. The number of amides is 1. The molecule has 1 aromatic carbocycles. The Hall–Kier alpha value is -1.56. The molecule has 0 aliphatic carbocycles. The molecule has 1 aromatic rings. The number of rotatable bonds is 6. The molecule has 19 heavy (non-hydrogen) atoms. The fourth-order valence-electron chi connectivity index (χ4n) is 1.38. The summed E-state index contributed by atoms with van der Waals surface area (Å²) in [4.78, 5) is 23.6. The van der Waals surface area contributed by atoms with Crippen LogP contribution in [0.4, 0.5) is 0 Å². The molecule has 0 bridgehead atoms. The Balaban J connectivity index is 2.46. The van der Waals surface area contributed by atoms with Gasteiger partial charge in [-0.25, -0.2) is 4.79 Å². The maximum Gasteiger partial charge on any atom is 0.335 e. The summed E-state index contributed by atoms with van der Waals surface area (Å²) in [5.41, 5.74) is 0.196. The topological polar surface area (TPSA) is 66.8 Å². The van der Waals surface area contributed by atoms with Gasteiger partial charge in [0.15, 0.2) is 0 Å². The molecule has 104 valence electrons. The second-order valence-electron chi connectivity index (χ2n) is 4.19. The van der Waals surface area contributed by atoms with Crippen LogP contribution in [0.3, 0.4) is 0 Å². The molecule has 0 saturated carbocycles. The summed E-state index contributed by atoms with van der Waals surface area (Å²) in [6.07, 6.45) is 1.04. The lowest BCUT2D eigenvalue weighted by Crippen LogP contribution is -2.21. The van der Waals surface area contributed by atoms with Crippen molar-refractivity contribution in [3.05, 3.63) is 28.2 Å². The third-order valence-corrected chi connectivity index (χ3v) is 3.09. The highest BCUT2D eigenvalue weighted by Gasteiger charge is 2.08. The lowest BCUT2D eigenvalue weighted by atomic mass is 10.2. The average molecular weight is 330 g/mol. The van der Waals surface area contributed by atoms with Crippen molar-refractivity contribution in [3.63, 3.8) is 0 Å². The van der Waals surface area contributed by atoms with E-state index in [1.54, 1.807) is 20.2 Å². The highest BCUT2D eigenvalue weighted by molar-refractivity contribution is 9.10. The zero-order valence-electron chi connectivity index (χ0n) is 10.9. The van der Waals surface area contributed by atoms with Crippen molar-refractivity contribution in [2.24, 2.45) is 0 Å². The molecule has 6 heteroatoms. The maximum absolute atomic E-state index is 11.3. The van der Waals surface area contributed by atoms with Crippen LogP contribution in [0.1, 0.15) is 23.2 Å². The third-order valence-electron chi connectivity index (χ3n) is 2.47. The van der Waals surface area contributed by atoms with Gasteiger partial charge in [0.2, 0.25) is 5.91 Å². The van der Waals surface area contributed by atoms with E-state index in [-0.39, 0.29) is 11.5 Å². The smallest absolute Gasteiger partial charge is 0.335 e. The lowest BCUT2D eigenvalue weighted by molar-refractivity contribution is -0.128. The van der Waals surface area contributed by atoms with E-state index >= 15 is 0 Å². The molecule has 0 heterocycles. The van der Waals surface area contributed by atoms with Crippen molar-refractivity contribution in [1.29, 1.82) is 0 Å². The number of aromatic carboxylic acids is 1. The molecule has 0 aromatic heterocycles. The van der Waals surface area contributed by atoms with E-state index in [1.807, 2.05) is 0 Å². The van der Waals surface area contributed by atoms with E-state index in [2.05, 4.69) is 15.9 Å². The predicted molar refractivity (Wildman–Crippen MR) is 74.5 cm³/mol. The largest absolute Gasteiger partial charge is 0.492 e. The number of carbonyl (C=O) groups excluding carboxylic acids is 1. The normalized spacial score (nSPS) is 10.1. The Kier molecular flexibility index (Phi) is 5.82. The molecule has 0 fully saturated rings. The number of benzene rings is 1. The van der Waals surface area contributed by atoms with Gasteiger partial charge in [-0.2, -0.15) is 0 Å². The fourth-order valence-corrected chi connectivity index (χ4v) is 1.87. The Morgan fingerprint density at radius 1 is 1.37 bits per heavy atom. The molecule has 0 atom stereocenters. The number of carboxylic acids is 1. The average Bonchev–Trinajstić information content (AvgIpc) is 2.35. The number of carboxylic acid groups (broad SMARTS) is 1. The van der Waals surface area contributed by atoms with Crippen LogP contribution in [0.25, 0.3) is 0 Å². The van der Waals surface area contributed by atoms with E-state index in [0.717, 1.165) is 0 Å². The highest BCUT2D eigenvalue weighted by atomic mass is 79.9. The minimum atomic E-state index is -0.983. The number of hydrogen-bond donors (Lipinski definition) is 1. The van der Waals surface area contributed by atoms with Crippen LogP contribution in [0.5, 0.6) is 5.75 Å². The molecule has 0 aliphatic heterocycles. The fraction of sp³-hybridized carbons (Fsp3) is 0.385. The van der Waals surface area contributed by atoms with E-state index in [1.165, 1.54) is 17.0 Å². The molecule has 1 amide bonds. The van der Waals surface area contributed by atoms with Crippen LogP contribution < -0.4 is 4.74 Å². The predicted octanol–water partition coefficient (Wildman–Crippen LogP) is 2.39. The van der Waals surface area contributed by atoms with Gasteiger partial charge in [-0.05, 0) is 40.5 Å². The summed E-state index contributed by atoms with van der Waals surface area (Å²) in [5, 5.41) is 8.82. The molecular formula is C13H16BrNO4. The molecule has 5 nitrogen and oxygen atoms in total. The zero-order valence-corrected chi connectivity index (χ0v) is 12.4. The van der Waals surface area contributed by atoms with Crippen LogP contribution in [0, 0.1) is 0 Å². The molecule has 1 rings (SSSR count). The van der Waals surface area contributed by atoms with Crippen LogP contribution in [0.2, 0.25) is 0 Å². The van der Waals surface area contributed by atoms with Crippen molar-refractivity contribution in [3.8, 4) is 5.75 Å². The summed E-state index contributed by atoms with van der Waals surface area (Å²) in [6.45, 7) is 0.407. The number of ether oxygens (including phenoxy) is 1. The van der Waals surface area contributed by atoms with Gasteiger partial charge < -0.3 is 14.7 Å². The summed E-state index contributed by atoms with van der Waals surface area (Å²) < 4.78 is 6.08. The van der Waals surface area contributed by atoms with Crippen LogP contribution in [-0.2, 0) is 4.79 Å². The summed E-state index contributed by atoms with van der Waals surface area (Å²) in [7, 11) is 3.43. The van der Waals surface area contributed by atoms with Crippen molar-refractivity contribution >= 4 is 27.8 Å². The van der Waals surface area contributed by atoms with Gasteiger partial charge in [0, 0.05) is 20.5 Å². The van der Waals surface area contributed by atoms with Gasteiger partial charge in [0.05, 0.1) is 16.6 Å². The minimum absolute atomic E-state index is 0.0592. The molecule has 0 unspecified atom stereocenters. The molecule has 0 radical (unpaired) electrons. The van der Waals surface area contributed by atoms with Gasteiger partial charge in [-0.3, -0.25) is 4.79 Å². The van der Waals surface area contributed by atoms with Gasteiger partial charge in [-0.15, -0.1) is 0 Å². The van der Waals surface area contributed by atoms with Gasteiger partial charge >= 0.3 is 5.97 Å². The Morgan fingerprint density at radius 2 is 2.05 bits per heavy atom. The Bertz CT molecular complexity index is 474. The quantitative estimate of drug-likeness (QED) is 0.814. The van der Waals surface area contributed by atoms with Crippen LogP contribution >= 0.6 is 15.9 Å². The summed E-state index contributed by atoms with van der Waals surface area (Å²) in [5.74, 6) is -0.352. The van der Waals surface area contributed by atoms with E-state index < -0.39 is 5.97 Å². The first-order valence-electron chi connectivity index (χ1n) is 5.77. The van der Waals surface area contributed by atoms with E-state index in [9.17, 15) is 9.59 Å². The highest BCUT2D eigenvalue weighted by Crippen LogP contribution is 2.26. The molecule has 0 spiro atoms. The number of carbonyl (C=O) groups is 2. The summed E-state index contributed by atoms with van der Waals surface area (Å²) >= 11 is 3.26. The molecule has 0 saturated heterocycles. The van der Waals surface area contributed by atoms with Crippen molar-refractivity contribution in [2.45, 2.75) is 12.8 Å². The van der Waals surface area contributed by atoms with Gasteiger partial charge in [0.1, 0.15) is 5.75 Å². The van der Waals surface area contributed by atoms with Crippen molar-refractivity contribution in [1.82, 2.24) is 4.90 Å². The lowest BCUT2D eigenvalue weighted by Gasteiger charge is -2.11. The first-order chi connectivity index (χ1) is 8.91. The molecule has 0 aliphatic rings.